The lowest BCUT2D eigenvalue weighted by molar-refractivity contribution is 0.0695. The smallest absolute Gasteiger partial charge is 0.341 e. The Morgan fingerprint density at radius 3 is 2.83 bits per heavy atom. The topological polar surface area (TPSA) is 114 Å². The van der Waals surface area contributed by atoms with Crippen LogP contribution in [0, 0.1) is 0 Å². The molecule has 3 heterocycles. The average molecular weight is 332 g/mol. The summed E-state index contributed by atoms with van der Waals surface area (Å²) in [6.07, 6.45) is 1.50. The molecule has 0 radical (unpaired) electrons. The first-order valence-corrected chi connectivity index (χ1v) is 7.81. The molecule has 0 saturated carbocycles. The molecule has 2 aromatic rings. The van der Waals surface area contributed by atoms with Crippen LogP contribution in [0.2, 0.25) is 0 Å². The molecule has 24 heavy (non-hydrogen) atoms. The van der Waals surface area contributed by atoms with Crippen molar-refractivity contribution in [3.63, 3.8) is 0 Å². The number of aromatic carboxylic acids is 1. The molecule has 3 rings (SSSR count). The lowest BCUT2D eigenvalue weighted by Crippen LogP contribution is -2.45. The number of hydrogen-bond acceptors (Lipinski definition) is 7. The average Bonchev–Trinajstić information content (AvgIpc) is 2.55. The van der Waals surface area contributed by atoms with Gasteiger partial charge < -0.3 is 20.3 Å². The Morgan fingerprint density at radius 2 is 2.12 bits per heavy atom. The maximum Gasteiger partial charge on any atom is 0.341 e. The van der Waals surface area contributed by atoms with Gasteiger partial charge in [-0.25, -0.2) is 9.78 Å². The number of rotatable bonds is 5. The summed E-state index contributed by atoms with van der Waals surface area (Å²) in [7, 11) is 2.12. The minimum absolute atomic E-state index is 0.318. The standard InChI is InChI=1S/C15H20N6O3/c1-20-4-6-21(7-5-20)3-2-16-15-17-9-10-8-11(14(23)24)13(22)18-12(10)19-15/h8-9H,2-7H2,1H3,(H,23,24)(H2,16,17,18,19,22). The van der Waals surface area contributed by atoms with Gasteiger partial charge in [0.1, 0.15) is 11.2 Å². The Morgan fingerprint density at radius 1 is 1.38 bits per heavy atom. The molecule has 0 spiro atoms. The molecule has 0 aliphatic carbocycles. The van der Waals surface area contributed by atoms with Crippen LogP contribution in [-0.2, 0) is 0 Å². The van der Waals surface area contributed by atoms with Gasteiger partial charge in [0.15, 0.2) is 0 Å². The number of nitrogens with zero attached hydrogens (tertiary/aromatic N) is 4. The van der Waals surface area contributed by atoms with E-state index in [-0.39, 0.29) is 5.56 Å². The van der Waals surface area contributed by atoms with Gasteiger partial charge >= 0.3 is 5.97 Å². The zero-order chi connectivity index (χ0) is 17.1. The lowest BCUT2D eigenvalue weighted by Gasteiger charge is -2.32. The van der Waals surface area contributed by atoms with E-state index >= 15 is 0 Å². The first-order chi connectivity index (χ1) is 11.5. The number of aromatic amines is 1. The number of piperazine rings is 1. The molecule has 1 aliphatic rings. The number of anilines is 1. The Balaban J connectivity index is 1.64. The van der Waals surface area contributed by atoms with Crippen molar-refractivity contribution in [2.45, 2.75) is 0 Å². The van der Waals surface area contributed by atoms with Crippen LogP contribution in [0.5, 0.6) is 0 Å². The van der Waals surface area contributed by atoms with Crippen LogP contribution in [0.15, 0.2) is 17.1 Å². The second kappa shape index (κ2) is 6.93. The number of fused-ring (bicyclic) bond motifs is 1. The quantitative estimate of drug-likeness (QED) is 0.682. The van der Waals surface area contributed by atoms with Crippen LogP contribution in [0.4, 0.5) is 5.95 Å². The van der Waals surface area contributed by atoms with E-state index in [4.69, 9.17) is 5.11 Å². The van der Waals surface area contributed by atoms with Crippen LogP contribution in [0.25, 0.3) is 11.0 Å². The summed E-state index contributed by atoms with van der Waals surface area (Å²) in [4.78, 5) is 38.2. The van der Waals surface area contributed by atoms with Gasteiger partial charge in [0.25, 0.3) is 5.56 Å². The van der Waals surface area contributed by atoms with Gasteiger partial charge in [-0.1, -0.05) is 0 Å². The van der Waals surface area contributed by atoms with Gasteiger partial charge in [0.05, 0.1) is 0 Å². The molecule has 9 heteroatoms. The van der Waals surface area contributed by atoms with E-state index in [9.17, 15) is 9.59 Å². The lowest BCUT2D eigenvalue weighted by atomic mass is 10.2. The molecule has 0 bridgehead atoms. The summed E-state index contributed by atoms with van der Waals surface area (Å²) < 4.78 is 0. The van der Waals surface area contributed by atoms with Crippen LogP contribution in [0.3, 0.4) is 0 Å². The fourth-order valence-electron chi connectivity index (χ4n) is 2.63. The normalized spacial score (nSPS) is 16.4. The highest BCUT2D eigenvalue weighted by Gasteiger charge is 2.14. The van der Waals surface area contributed by atoms with Crippen molar-refractivity contribution < 1.29 is 9.90 Å². The van der Waals surface area contributed by atoms with E-state index in [1.54, 1.807) is 0 Å². The second-order valence-electron chi connectivity index (χ2n) is 5.89. The minimum Gasteiger partial charge on any atom is -0.477 e. The zero-order valence-corrected chi connectivity index (χ0v) is 13.4. The third-order valence-electron chi connectivity index (χ3n) is 4.13. The van der Waals surface area contributed by atoms with E-state index in [0.29, 0.717) is 23.5 Å². The maximum atomic E-state index is 11.7. The third kappa shape index (κ3) is 3.69. The molecular weight excluding hydrogens is 312 g/mol. The molecule has 2 aromatic heterocycles. The molecular formula is C15H20N6O3. The van der Waals surface area contributed by atoms with Crippen LogP contribution >= 0.6 is 0 Å². The highest BCUT2D eigenvalue weighted by molar-refractivity contribution is 5.91. The minimum atomic E-state index is -1.27. The highest BCUT2D eigenvalue weighted by atomic mass is 16.4. The van der Waals surface area contributed by atoms with Crippen molar-refractivity contribution in [2.24, 2.45) is 0 Å². The van der Waals surface area contributed by atoms with Crippen molar-refractivity contribution in [1.29, 1.82) is 0 Å². The molecule has 128 valence electrons. The van der Waals surface area contributed by atoms with Crippen molar-refractivity contribution in [3.8, 4) is 0 Å². The number of carbonyl (C=O) groups is 1. The largest absolute Gasteiger partial charge is 0.477 e. The molecule has 0 unspecified atom stereocenters. The monoisotopic (exact) mass is 332 g/mol. The van der Waals surface area contributed by atoms with Crippen molar-refractivity contribution in [1.82, 2.24) is 24.8 Å². The van der Waals surface area contributed by atoms with E-state index in [2.05, 4.69) is 37.1 Å². The van der Waals surface area contributed by atoms with Crippen molar-refractivity contribution in [2.75, 3.05) is 51.6 Å². The first-order valence-electron chi connectivity index (χ1n) is 7.81. The molecule has 0 amide bonds. The molecule has 0 aromatic carbocycles. The summed E-state index contributed by atoms with van der Waals surface area (Å²) in [5.74, 6) is -0.858. The fourth-order valence-corrected chi connectivity index (χ4v) is 2.63. The number of carboxylic acids is 1. The van der Waals surface area contributed by atoms with E-state index < -0.39 is 11.5 Å². The fraction of sp³-hybridized carbons (Fsp3) is 0.467. The second-order valence-corrected chi connectivity index (χ2v) is 5.89. The van der Waals surface area contributed by atoms with Crippen LogP contribution in [0.1, 0.15) is 10.4 Å². The van der Waals surface area contributed by atoms with E-state index in [0.717, 1.165) is 32.7 Å². The number of likely N-dealkylation sites (N-methyl/N-ethyl adjacent to an activating group) is 1. The number of pyridine rings is 1. The molecule has 1 fully saturated rings. The number of nitrogens with one attached hydrogen (secondary N) is 2. The van der Waals surface area contributed by atoms with Crippen LogP contribution in [-0.4, -0.2) is 82.1 Å². The number of aromatic nitrogens is 3. The van der Waals surface area contributed by atoms with Crippen molar-refractivity contribution >= 4 is 23.0 Å². The molecule has 1 saturated heterocycles. The highest BCUT2D eigenvalue weighted by Crippen LogP contribution is 2.10. The van der Waals surface area contributed by atoms with E-state index in [1.807, 2.05) is 0 Å². The van der Waals surface area contributed by atoms with E-state index in [1.165, 1.54) is 12.3 Å². The van der Waals surface area contributed by atoms with Crippen molar-refractivity contribution in [3.05, 3.63) is 28.2 Å². The van der Waals surface area contributed by atoms with Gasteiger partial charge in [-0.05, 0) is 13.1 Å². The molecule has 3 N–H and O–H groups in total. The Labute approximate surface area is 138 Å². The first kappa shape index (κ1) is 16.3. The summed E-state index contributed by atoms with van der Waals surface area (Å²) in [6.45, 7) is 5.82. The molecule has 1 aliphatic heterocycles. The molecule has 0 atom stereocenters. The van der Waals surface area contributed by atoms with Gasteiger partial charge in [0, 0.05) is 50.9 Å². The summed E-state index contributed by atoms with van der Waals surface area (Å²) in [6, 6.07) is 1.28. The summed E-state index contributed by atoms with van der Waals surface area (Å²) in [5.41, 5.74) is -0.666. The molecule has 9 nitrogen and oxygen atoms in total. The van der Waals surface area contributed by atoms with Crippen LogP contribution < -0.4 is 10.9 Å². The Hall–Kier alpha value is -2.52. The SMILES string of the molecule is CN1CCN(CCNc2ncc3cc(C(=O)O)c(=O)[nH]c3n2)CC1. The predicted molar refractivity (Wildman–Crippen MR) is 89.5 cm³/mol. The van der Waals surface area contributed by atoms with Gasteiger partial charge in [-0.15, -0.1) is 0 Å². The number of H-pyrrole nitrogens is 1. The Bertz CT molecular complexity index is 797. The summed E-state index contributed by atoms with van der Waals surface area (Å²) >= 11 is 0. The Kier molecular flexibility index (Phi) is 4.72. The predicted octanol–water partition coefficient (Wildman–Crippen LogP) is -0.324. The van der Waals surface area contributed by atoms with Gasteiger partial charge in [-0.2, -0.15) is 4.98 Å². The third-order valence-corrected chi connectivity index (χ3v) is 4.13. The number of carboxylic acid groups (broad SMARTS) is 1. The van der Waals surface area contributed by atoms with Gasteiger partial charge in [-0.3, -0.25) is 9.69 Å². The summed E-state index contributed by atoms with van der Waals surface area (Å²) in [5, 5.41) is 12.6. The maximum absolute atomic E-state index is 11.7. The zero-order valence-electron chi connectivity index (χ0n) is 13.4. The van der Waals surface area contributed by atoms with Gasteiger partial charge in [0.2, 0.25) is 5.95 Å². The number of hydrogen-bond donors (Lipinski definition) is 3.